The van der Waals surface area contributed by atoms with Crippen LogP contribution in [-0.2, 0) is 9.59 Å². The van der Waals surface area contributed by atoms with Gasteiger partial charge in [0.15, 0.2) is 0 Å². The molecule has 1 aliphatic heterocycles. The average Bonchev–Trinajstić information content (AvgIpc) is 3.16. The maximum atomic E-state index is 14.5. The van der Waals surface area contributed by atoms with E-state index in [9.17, 15) is 18.8 Å². The summed E-state index contributed by atoms with van der Waals surface area (Å²) in [6.45, 7) is 5.87. The topological polar surface area (TPSA) is 87.7 Å². The van der Waals surface area contributed by atoms with E-state index >= 15 is 0 Å². The smallest absolute Gasteiger partial charge is 0.325 e. The molecule has 186 valence electrons. The Kier molecular flexibility index (Phi) is 7.33. The monoisotopic (exact) mass is 489 g/mol. The van der Waals surface area contributed by atoms with Crippen LogP contribution in [0.1, 0.15) is 42.5 Å². The third kappa shape index (κ3) is 5.07. The fourth-order valence-corrected chi connectivity index (χ4v) is 4.34. The molecule has 36 heavy (non-hydrogen) atoms. The molecule has 1 fully saturated rings. The lowest BCUT2D eigenvalue weighted by molar-refractivity contribution is -0.134. The van der Waals surface area contributed by atoms with Gasteiger partial charge in [-0.3, -0.25) is 9.59 Å². The number of rotatable bonds is 8. The van der Waals surface area contributed by atoms with Gasteiger partial charge in [-0.1, -0.05) is 55.5 Å². The summed E-state index contributed by atoms with van der Waals surface area (Å²) < 4.78 is 20.0. The molecule has 4 amide bonds. The standard InChI is InChI=1S/C28H28FN3O4/c1-4-36-21-13-11-20(12-14-21)24-27(34)32(28(35)31-24)25(18(3)19-8-6-5-7-9-19)26(33)30-23-15-10-17(2)16-22(23)29/h5-16,18,24-25H,4H2,1-3H3,(H,30,33)(H,31,35)/t18?,24-,25?/m1/s1. The Morgan fingerprint density at radius 1 is 1.08 bits per heavy atom. The van der Waals surface area contributed by atoms with Crippen molar-refractivity contribution in [1.82, 2.24) is 10.2 Å². The predicted octanol–water partition coefficient (Wildman–Crippen LogP) is 4.94. The van der Waals surface area contributed by atoms with Crippen LogP contribution in [0.5, 0.6) is 5.75 Å². The van der Waals surface area contributed by atoms with E-state index in [4.69, 9.17) is 4.74 Å². The first-order chi connectivity index (χ1) is 17.3. The van der Waals surface area contributed by atoms with Crippen LogP contribution in [0.2, 0.25) is 0 Å². The molecule has 3 atom stereocenters. The van der Waals surface area contributed by atoms with Gasteiger partial charge in [-0.05, 0) is 54.8 Å². The summed E-state index contributed by atoms with van der Waals surface area (Å²) in [6.07, 6.45) is 0. The Balaban J connectivity index is 1.67. The molecule has 4 rings (SSSR count). The molecule has 0 bridgehead atoms. The van der Waals surface area contributed by atoms with Crippen LogP contribution in [0.15, 0.2) is 72.8 Å². The van der Waals surface area contributed by atoms with Crippen LogP contribution < -0.4 is 15.4 Å². The minimum Gasteiger partial charge on any atom is -0.494 e. The Morgan fingerprint density at radius 2 is 1.78 bits per heavy atom. The lowest BCUT2D eigenvalue weighted by Crippen LogP contribution is -2.50. The Labute approximate surface area is 209 Å². The molecule has 0 radical (unpaired) electrons. The molecule has 3 aromatic carbocycles. The summed E-state index contributed by atoms with van der Waals surface area (Å²) in [4.78, 5) is 41.1. The number of aryl methyl sites for hydroxylation is 1. The summed E-state index contributed by atoms with van der Waals surface area (Å²) in [7, 11) is 0. The van der Waals surface area contributed by atoms with Crippen molar-refractivity contribution in [1.29, 1.82) is 0 Å². The molecule has 2 unspecified atom stereocenters. The van der Waals surface area contributed by atoms with Gasteiger partial charge in [0.1, 0.15) is 23.7 Å². The minimum atomic E-state index is -1.21. The van der Waals surface area contributed by atoms with E-state index in [1.807, 2.05) is 37.3 Å². The van der Waals surface area contributed by atoms with Gasteiger partial charge in [0.25, 0.3) is 5.91 Å². The van der Waals surface area contributed by atoms with Crippen LogP contribution in [0.3, 0.4) is 0 Å². The predicted molar refractivity (Wildman–Crippen MR) is 134 cm³/mol. The van der Waals surface area contributed by atoms with Crippen molar-refractivity contribution in [2.75, 3.05) is 11.9 Å². The number of hydrogen-bond donors (Lipinski definition) is 2. The Bertz CT molecular complexity index is 1260. The van der Waals surface area contributed by atoms with Gasteiger partial charge in [0.05, 0.1) is 12.3 Å². The van der Waals surface area contributed by atoms with E-state index in [0.717, 1.165) is 10.5 Å². The highest BCUT2D eigenvalue weighted by Gasteiger charge is 2.47. The molecule has 7 nitrogen and oxygen atoms in total. The second kappa shape index (κ2) is 10.6. The number of amides is 4. The molecule has 0 spiro atoms. The number of benzene rings is 3. The second-order valence-electron chi connectivity index (χ2n) is 8.71. The van der Waals surface area contributed by atoms with Crippen LogP contribution in [0, 0.1) is 12.7 Å². The van der Waals surface area contributed by atoms with Crippen LogP contribution in [0.4, 0.5) is 14.9 Å². The molecular formula is C28H28FN3O4. The number of hydrogen-bond acceptors (Lipinski definition) is 4. The van der Waals surface area contributed by atoms with E-state index < -0.39 is 41.7 Å². The summed E-state index contributed by atoms with van der Waals surface area (Å²) >= 11 is 0. The number of anilines is 1. The van der Waals surface area contributed by atoms with E-state index in [0.29, 0.717) is 23.5 Å². The molecular weight excluding hydrogens is 461 g/mol. The normalized spacial score (nSPS) is 16.9. The number of halogens is 1. The number of nitrogens with zero attached hydrogens (tertiary/aromatic N) is 1. The van der Waals surface area contributed by atoms with Gasteiger partial charge in [-0.25, -0.2) is 14.1 Å². The molecule has 1 saturated heterocycles. The zero-order valence-corrected chi connectivity index (χ0v) is 20.3. The quantitative estimate of drug-likeness (QED) is 0.439. The van der Waals surface area contributed by atoms with Crippen LogP contribution in [0.25, 0.3) is 0 Å². The molecule has 8 heteroatoms. The first-order valence-corrected chi connectivity index (χ1v) is 11.8. The zero-order chi connectivity index (χ0) is 25.8. The number of carbonyl (C=O) groups excluding carboxylic acids is 3. The molecule has 0 saturated carbocycles. The van der Waals surface area contributed by atoms with Gasteiger partial charge in [0, 0.05) is 5.92 Å². The summed E-state index contributed by atoms with van der Waals surface area (Å²) in [5, 5.41) is 5.27. The highest BCUT2D eigenvalue weighted by Crippen LogP contribution is 2.32. The highest BCUT2D eigenvalue weighted by atomic mass is 19.1. The lowest BCUT2D eigenvalue weighted by Gasteiger charge is -2.30. The van der Waals surface area contributed by atoms with Crippen LogP contribution in [-0.4, -0.2) is 35.4 Å². The molecule has 1 aliphatic rings. The minimum absolute atomic E-state index is 0.0222. The first-order valence-electron chi connectivity index (χ1n) is 11.8. The number of ether oxygens (including phenoxy) is 1. The SMILES string of the molecule is CCOc1ccc([C@H]2NC(=O)N(C(C(=O)Nc3ccc(C)cc3F)C(C)c3ccccc3)C2=O)cc1. The molecule has 3 aromatic rings. The molecule has 0 aromatic heterocycles. The third-order valence-corrected chi connectivity index (χ3v) is 6.22. The van der Waals surface area contributed by atoms with E-state index in [1.165, 1.54) is 12.1 Å². The van der Waals surface area contributed by atoms with Gasteiger partial charge in [0.2, 0.25) is 5.91 Å². The van der Waals surface area contributed by atoms with Crippen molar-refractivity contribution in [3.8, 4) is 5.75 Å². The fraction of sp³-hybridized carbons (Fsp3) is 0.250. The van der Waals surface area contributed by atoms with Gasteiger partial charge < -0.3 is 15.4 Å². The highest BCUT2D eigenvalue weighted by molar-refractivity contribution is 6.10. The summed E-state index contributed by atoms with van der Waals surface area (Å²) in [5.74, 6) is -1.74. The first kappa shape index (κ1) is 24.9. The van der Waals surface area contributed by atoms with E-state index in [1.54, 1.807) is 44.2 Å². The maximum absolute atomic E-state index is 14.5. The van der Waals surface area contributed by atoms with Gasteiger partial charge >= 0.3 is 6.03 Å². The van der Waals surface area contributed by atoms with Gasteiger partial charge in [-0.15, -0.1) is 0 Å². The van der Waals surface area contributed by atoms with Crippen molar-refractivity contribution < 1.29 is 23.5 Å². The maximum Gasteiger partial charge on any atom is 0.325 e. The Morgan fingerprint density at radius 3 is 2.42 bits per heavy atom. The van der Waals surface area contributed by atoms with Crippen molar-refractivity contribution in [3.63, 3.8) is 0 Å². The van der Waals surface area contributed by atoms with Crippen molar-refractivity contribution in [3.05, 3.63) is 95.3 Å². The van der Waals surface area contributed by atoms with E-state index in [2.05, 4.69) is 10.6 Å². The second-order valence-corrected chi connectivity index (χ2v) is 8.71. The molecule has 2 N–H and O–H groups in total. The largest absolute Gasteiger partial charge is 0.494 e. The summed E-state index contributed by atoms with van der Waals surface area (Å²) in [6, 6.07) is 17.5. The fourth-order valence-electron chi connectivity index (χ4n) is 4.34. The molecule has 0 aliphatic carbocycles. The number of nitrogens with one attached hydrogen (secondary N) is 2. The average molecular weight is 490 g/mol. The van der Waals surface area contributed by atoms with Gasteiger partial charge in [-0.2, -0.15) is 0 Å². The number of urea groups is 1. The number of carbonyl (C=O) groups is 3. The van der Waals surface area contributed by atoms with Crippen molar-refractivity contribution in [2.45, 2.75) is 38.8 Å². The Hall–Kier alpha value is -4.20. The molecule has 1 heterocycles. The van der Waals surface area contributed by atoms with E-state index in [-0.39, 0.29) is 5.69 Å². The zero-order valence-electron chi connectivity index (χ0n) is 20.3. The third-order valence-electron chi connectivity index (χ3n) is 6.22. The van der Waals surface area contributed by atoms with Crippen molar-refractivity contribution >= 4 is 23.5 Å². The van der Waals surface area contributed by atoms with Crippen molar-refractivity contribution in [2.24, 2.45) is 0 Å². The summed E-state index contributed by atoms with van der Waals surface area (Å²) in [5.41, 5.74) is 2.00. The number of imide groups is 1. The lowest BCUT2D eigenvalue weighted by atomic mass is 9.91. The van der Waals surface area contributed by atoms with Crippen LogP contribution >= 0.6 is 0 Å².